The summed E-state index contributed by atoms with van der Waals surface area (Å²) in [7, 11) is 0. The molecular weight excluding hydrogens is 355 g/mol. The van der Waals surface area contributed by atoms with E-state index in [2.05, 4.69) is 19.9 Å². The number of piperazine rings is 1. The lowest BCUT2D eigenvalue weighted by Gasteiger charge is -2.36. The summed E-state index contributed by atoms with van der Waals surface area (Å²) in [5.74, 6) is -0.185. The molecule has 1 saturated heterocycles. The van der Waals surface area contributed by atoms with Gasteiger partial charge in [-0.2, -0.15) is 0 Å². The number of benzene rings is 1. The fourth-order valence-electron chi connectivity index (χ4n) is 2.93. The molecule has 0 spiro atoms. The van der Waals surface area contributed by atoms with Crippen LogP contribution in [0, 0.1) is 0 Å². The van der Waals surface area contributed by atoms with Crippen LogP contribution in [0.15, 0.2) is 48.8 Å². The van der Waals surface area contributed by atoms with Crippen molar-refractivity contribution in [2.45, 2.75) is 18.9 Å². The molecule has 1 aliphatic heterocycles. The summed E-state index contributed by atoms with van der Waals surface area (Å²) in [4.78, 5) is 6.28. The maximum Gasteiger partial charge on any atom is 0.573 e. The highest BCUT2D eigenvalue weighted by molar-refractivity contribution is 5.85. The number of pyridine rings is 1. The predicted octanol–water partition coefficient (Wildman–Crippen LogP) is 3.55. The summed E-state index contributed by atoms with van der Waals surface area (Å²) in [5, 5.41) is 3.36. The fourth-order valence-corrected chi connectivity index (χ4v) is 2.93. The Morgan fingerprint density at radius 3 is 2.68 bits per heavy atom. The number of ether oxygens (including phenoxy) is 1. The molecule has 1 aromatic heterocycles. The monoisotopic (exact) mass is 373 g/mol. The van der Waals surface area contributed by atoms with Gasteiger partial charge >= 0.3 is 6.36 Å². The Hall–Kier alpha value is -1.83. The summed E-state index contributed by atoms with van der Waals surface area (Å²) in [6, 6.07) is 10.2. The van der Waals surface area contributed by atoms with Gasteiger partial charge in [0, 0.05) is 44.6 Å². The average molecular weight is 374 g/mol. The summed E-state index contributed by atoms with van der Waals surface area (Å²) < 4.78 is 41.1. The zero-order valence-electron chi connectivity index (χ0n) is 13.4. The van der Waals surface area contributed by atoms with E-state index in [1.165, 1.54) is 12.1 Å². The quantitative estimate of drug-likeness (QED) is 0.889. The first-order chi connectivity index (χ1) is 11.5. The highest BCUT2D eigenvalue weighted by Crippen LogP contribution is 2.27. The number of halogens is 4. The molecule has 1 fully saturated rings. The second-order valence-corrected chi connectivity index (χ2v) is 5.67. The molecule has 136 valence electrons. The SMILES string of the molecule is Cl.FC(F)(F)Oc1cccc(CN2CCNCC2c2ccncc2)c1. The predicted molar refractivity (Wildman–Crippen MR) is 90.6 cm³/mol. The zero-order chi connectivity index (χ0) is 17.0. The first kappa shape index (κ1) is 19.5. The lowest BCUT2D eigenvalue weighted by atomic mass is 10.0. The molecule has 2 heterocycles. The maximum atomic E-state index is 12.4. The van der Waals surface area contributed by atoms with Crippen molar-refractivity contribution in [3.8, 4) is 5.75 Å². The molecule has 1 N–H and O–H groups in total. The van der Waals surface area contributed by atoms with Crippen LogP contribution in [0.5, 0.6) is 5.75 Å². The van der Waals surface area contributed by atoms with E-state index in [0.717, 1.165) is 30.8 Å². The largest absolute Gasteiger partial charge is 0.573 e. The minimum Gasteiger partial charge on any atom is -0.406 e. The van der Waals surface area contributed by atoms with Crippen LogP contribution in [0.1, 0.15) is 17.2 Å². The number of rotatable bonds is 4. The van der Waals surface area contributed by atoms with Crippen molar-refractivity contribution in [3.05, 3.63) is 59.9 Å². The van der Waals surface area contributed by atoms with Crippen LogP contribution in [0.2, 0.25) is 0 Å². The van der Waals surface area contributed by atoms with Gasteiger partial charge in [0.25, 0.3) is 0 Å². The van der Waals surface area contributed by atoms with Crippen molar-refractivity contribution in [3.63, 3.8) is 0 Å². The second kappa shape index (κ2) is 8.51. The zero-order valence-corrected chi connectivity index (χ0v) is 14.2. The number of hydrogen-bond acceptors (Lipinski definition) is 4. The van der Waals surface area contributed by atoms with Crippen molar-refractivity contribution in [1.82, 2.24) is 15.2 Å². The Morgan fingerprint density at radius 1 is 1.20 bits per heavy atom. The van der Waals surface area contributed by atoms with Gasteiger partial charge in [-0.15, -0.1) is 25.6 Å². The molecule has 1 atom stereocenters. The van der Waals surface area contributed by atoms with Gasteiger partial charge in [-0.1, -0.05) is 12.1 Å². The van der Waals surface area contributed by atoms with Crippen LogP contribution in [0.4, 0.5) is 13.2 Å². The number of alkyl halides is 3. The third-order valence-corrected chi connectivity index (χ3v) is 3.96. The van der Waals surface area contributed by atoms with Crippen molar-refractivity contribution in [2.24, 2.45) is 0 Å². The van der Waals surface area contributed by atoms with Crippen LogP contribution in [-0.4, -0.2) is 35.9 Å². The molecule has 0 saturated carbocycles. The second-order valence-electron chi connectivity index (χ2n) is 5.67. The van der Waals surface area contributed by atoms with E-state index < -0.39 is 6.36 Å². The van der Waals surface area contributed by atoms with Gasteiger partial charge in [0.05, 0.1) is 0 Å². The number of nitrogens with zero attached hydrogens (tertiary/aromatic N) is 2. The Kier molecular flexibility index (Phi) is 6.64. The van der Waals surface area contributed by atoms with Crippen molar-refractivity contribution < 1.29 is 17.9 Å². The van der Waals surface area contributed by atoms with Gasteiger partial charge in [-0.25, -0.2) is 0 Å². The third kappa shape index (κ3) is 5.59. The molecule has 1 unspecified atom stereocenters. The maximum absolute atomic E-state index is 12.4. The summed E-state index contributed by atoms with van der Waals surface area (Å²) in [6.45, 7) is 3.02. The first-order valence-corrected chi connectivity index (χ1v) is 7.71. The topological polar surface area (TPSA) is 37.4 Å². The van der Waals surface area contributed by atoms with Gasteiger partial charge in [-0.3, -0.25) is 9.88 Å². The van der Waals surface area contributed by atoms with Gasteiger partial charge in [-0.05, 0) is 35.4 Å². The number of nitrogens with one attached hydrogen (secondary N) is 1. The van der Waals surface area contributed by atoms with Crippen molar-refractivity contribution >= 4 is 12.4 Å². The lowest BCUT2D eigenvalue weighted by Crippen LogP contribution is -2.45. The molecule has 3 rings (SSSR count). The van der Waals surface area contributed by atoms with Crippen molar-refractivity contribution in [2.75, 3.05) is 19.6 Å². The van der Waals surface area contributed by atoms with Crippen LogP contribution < -0.4 is 10.1 Å². The molecule has 0 radical (unpaired) electrons. The molecule has 25 heavy (non-hydrogen) atoms. The van der Waals surface area contributed by atoms with E-state index in [4.69, 9.17) is 0 Å². The minimum absolute atomic E-state index is 0. The van der Waals surface area contributed by atoms with Crippen molar-refractivity contribution in [1.29, 1.82) is 0 Å². The standard InChI is InChI=1S/C17H18F3N3O.ClH/c18-17(19,20)24-15-3-1-2-13(10-15)12-23-9-8-22-11-16(23)14-4-6-21-7-5-14;/h1-7,10,16,22H,8-9,11-12H2;1H. The molecule has 0 bridgehead atoms. The molecule has 0 amide bonds. The molecule has 4 nitrogen and oxygen atoms in total. The Labute approximate surface area is 150 Å². The summed E-state index contributed by atoms with van der Waals surface area (Å²) >= 11 is 0. The molecule has 1 aliphatic rings. The van der Waals surface area contributed by atoms with Crippen LogP contribution in [0.25, 0.3) is 0 Å². The normalized spacial score (nSPS) is 18.4. The van der Waals surface area contributed by atoms with E-state index in [-0.39, 0.29) is 24.2 Å². The van der Waals surface area contributed by atoms with Gasteiger partial charge < -0.3 is 10.1 Å². The lowest BCUT2D eigenvalue weighted by molar-refractivity contribution is -0.274. The fraction of sp³-hybridized carbons (Fsp3) is 0.353. The Balaban J connectivity index is 0.00000225. The van der Waals surface area contributed by atoms with E-state index >= 15 is 0 Å². The van der Waals surface area contributed by atoms with Gasteiger partial charge in [0.2, 0.25) is 0 Å². The molecular formula is C17H19ClF3N3O. The average Bonchev–Trinajstić information content (AvgIpc) is 2.55. The molecule has 0 aliphatic carbocycles. The molecule has 2 aromatic rings. The van der Waals surface area contributed by atoms with Crippen LogP contribution >= 0.6 is 12.4 Å². The molecule has 1 aromatic carbocycles. The summed E-state index contributed by atoms with van der Waals surface area (Å²) in [5.41, 5.74) is 1.93. The number of hydrogen-bond donors (Lipinski definition) is 1. The third-order valence-electron chi connectivity index (χ3n) is 3.96. The van der Waals surface area contributed by atoms with Gasteiger partial charge in [0.15, 0.2) is 0 Å². The Bertz CT molecular complexity index is 670. The summed E-state index contributed by atoms with van der Waals surface area (Å²) in [6.07, 6.45) is -1.17. The van der Waals surface area contributed by atoms with Gasteiger partial charge in [0.1, 0.15) is 5.75 Å². The number of aromatic nitrogens is 1. The minimum atomic E-state index is -4.67. The van der Waals surface area contributed by atoms with Crippen LogP contribution in [0.3, 0.4) is 0 Å². The van der Waals surface area contributed by atoms with Crippen LogP contribution in [-0.2, 0) is 6.54 Å². The van der Waals surface area contributed by atoms with E-state index in [1.54, 1.807) is 18.5 Å². The van der Waals surface area contributed by atoms with E-state index in [9.17, 15) is 13.2 Å². The Morgan fingerprint density at radius 2 is 1.96 bits per heavy atom. The highest BCUT2D eigenvalue weighted by atomic mass is 35.5. The van der Waals surface area contributed by atoms with E-state index in [0.29, 0.717) is 6.54 Å². The smallest absolute Gasteiger partial charge is 0.406 e. The van der Waals surface area contributed by atoms with E-state index in [1.807, 2.05) is 18.2 Å². The first-order valence-electron chi connectivity index (χ1n) is 7.71. The molecule has 8 heteroatoms. The highest BCUT2D eigenvalue weighted by Gasteiger charge is 2.31.